The quantitative estimate of drug-likeness (QED) is 0.515. The van der Waals surface area contributed by atoms with Crippen LogP contribution in [0.1, 0.15) is 24.8 Å². The maximum Gasteiger partial charge on any atom is 0.328 e. The Balaban J connectivity index is 2.13. The van der Waals surface area contributed by atoms with Crippen LogP contribution in [-0.2, 0) is 4.79 Å². The molecule has 1 fully saturated rings. The number of non-ortho nitro benzene ring substituents is 1. The van der Waals surface area contributed by atoms with E-state index in [0.717, 1.165) is 12.8 Å². The Morgan fingerprint density at radius 3 is 3.00 bits per heavy atom. The molecule has 0 radical (unpaired) electrons. The van der Waals surface area contributed by atoms with Gasteiger partial charge in [-0.1, -0.05) is 12.1 Å². The molecule has 1 unspecified atom stereocenters. The first kappa shape index (κ1) is 14.0. The molecule has 7 heteroatoms. The van der Waals surface area contributed by atoms with Crippen molar-refractivity contribution in [3.05, 3.63) is 39.9 Å². The number of aliphatic carboxylic acids is 1. The fraction of sp³-hybridized carbons (Fsp3) is 0.385. The monoisotopic (exact) mass is 277 g/mol. The summed E-state index contributed by atoms with van der Waals surface area (Å²) in [6, 6.07) is 5.46. The van der Waals surface area contributed by atoms with Crippen molar-refractivity contribution in [1.82, 2.24) is 5.01 Å². The third-order valence-electron chi connectivity index (χ3n) is 3.20. The fourth-order valence-electron chi connectivity index (χ4n) is 2.17. The number of rotatable bonds is 4. The minimum atomic E-state index is -0.888. The smallest absolute Gasteiger partial charge is 0.328 e. The molecule has 1 heterocycles. The summed E-state index contributed by atoms with van der Waals surface area (Å²) in [6.07, 6.45) is 3.81. The van der Waals surface area contributed by atoms with Gasteiger partial charge in [0.1, 0.15) is 6.04 Å². The zero-order valence-electron chi connectivity index (χ0n) is 10.8. The summed E-state index contributed by atoms with van der Waals surface area (Å²) < 4.78 is 0. The van der Waals surface area contributed by atoms with Gasteiger partial charge in [0.25, 0.3) is 5.69 Å². The van der Waals surface area contributed by atoms with Crippen molar-refractivity contribution in [1.29, 1.82) is 0 Å². The van der Waals surface area contributed by atoms with Crippen molar-refractivity contribution in [3.63, 3.8) is 0 Å². The van der Waals surface area contributed by atoms with E-state index < -0.39 is 16.9 Å². The van der Waals surface area contributed by atoms with E-state index in [1.165, 1.54) is 23.4 Å². The largest absolute Gasteiger partial charge is 0.480 e. The lowest BCUT2D eigenvalue weighted by molar-refractivity contribution is -0.384. The number of hydrazone groups is 1. The molecule has 1 aliphatic rings. The number of carboxylic acids is 1. The summed E-state index contributed by atoms with van der Waals surface area (Å²) in [5, 5.41) is 25.5. The van der Waals surface area contributed by atoms with Crippen LogP contribution in [0.4, 0.5) is 5.69 Å². The lowest BCUT2D eigenvalue weighted by atomic mass is 10.0. The predicted octanol–water partition coefficient (Wildman–Crippen LogP) is 1.87. The van der Waals surface area contributed by atoms with Crippen molar-refractivity contribution in [2.45, 2.75) is 25.3 Å². The minimum absolute atomic E-state index is 0.0117. The number of benzene rings is 1. The molecule has 1 aliphatic heterocycles. The zero-order chi connectivity index (χ0) is 14.5. The summed E-state index contributed by atoms with van der Waals surface area (Å²) >= 11 is 0. The molecular weight excluding hydrogens is 262 g/mol. The van der Waals surface area contributed by atoms with Crippen LogP contribution in [0.25, 0.3) is 0 Å². The van der Waals surface area contributed by atoms with Crippen LogP contribution >= 0.6 is 0 Å². The average molecular weight is 277 g/mol. The number of nitrogens with zero attached hydrogens (tertiary/aromatic N) is 3. The lowest BCUT2D eigenvalue weighted by Crippen LogP contribution is -2.41. The molecule has 0 amide bonds. The van der Waals surface area contributed by atoms with Crippen LogP contribution in [0.5, 0.6) is 0 Å². The summed E-state index contributed by atoms with van der Waals surface area (Å²) in [5.74, 6) is -0.888. The molecule has 0 saturated carbocycles. The SMILES string of the molecule is O=C(O)C1CCCCN1/N=C/c1cccc([N+](=O)[O-])c1. The summed E-state index contributed by atoms with van der Waals surface area (Å²) in [4.78, 5) is 21.3. The second kappa shape index (κ2) is 6.14. The highest BCUT2D eigenvalue weighted by Gasteiger charge is 2.27. The van der Waals surface area contributed by atoms with Crippen molar-refractivity contribution in [3.8, 4) is 0 Å². The topological polar surface area (TPSA) is 96.0 Å². The first-order valence-corrected chi connectivity index (χ1v) is 6.36. The first-order chi connectivity index (χ1) is 9.58. The Hall–Kier alpha value is -2.44. The van der Waals surface area contributed by atoms with E-state index in [2.05, 4.69) is 5.10 Å². The molecule has 0 aromatic heterocycles. The fourth-order valence-corrected chi connectivity index (χ4v) is 2.17. The van der Waals surface area contributed by atoms with Crippen LogP contribution in [0, 0.1) is 10.1 Å². The maximum absolute atomic E-state index is 11.1. The molecule has 7 nitrogen and oxygen atoms in total. The molecule has 1 atom stereocenters. The third kappa shape index (κ3) is 3.31. The summed E-state index contributed by atoms with van der Waals surface area (Å²) in [7, 11) is 0. The van der Waals surface area contributed by atoms with Crippen molar-refractivity contribution >= 4 is 17.9 Å². The molecule has 0 spiro atoms. The average Bonchev–Trinajstić information content (AvgIpc) is 2.45. The van der Waals surface area contributed by atoms with Crippen LogP contribution in [0.2, 0.25) is 0 Å². The van der Waals surface area contributed by atoms with Crippen LogP contribution in [0.15, 0.2) is 29.4 Å². The minimum Gasteiger partial charge on any atom is -0.480 e. The van der Waals surface area contributed by atoms with Crippen molar-refractivity contribution in [2.75, 3.05) is 6.54 Å². The maximum atomic E-state index is 11.1. The van der Waals surface area contributed by atoms with E-state index in [1.54, 1.807) is 12.1 Å². The van der Waals surface area contributed by atoms with Crippen LogP contribution in [-0.4, -0.2) is 39.8 Å². The molecule has 1 saturated heterocycles. The van der Waals surface area contributed by atoms with E-state index in [0.29, 0.717) is 18.5 Å². The normalized spacial score (nSPS) is 19.2. The molecule has 1 aromatic carbocycles. The Bertz CT molecular complexity index is 544. The highest BCUT2D eigenvalue weighted by Crippen LogP contribution is 2.18. The molecule has 1 N–H and O–H groups in total. The van der Waals surface area contributed by atoms with Gasteiger partial charge in [0, 0.05) is 24.2 Å². The number of piperidine rings is 1. The Morgan fingerprint density at radius 2 is 2.30 bits per heavy atom. The second-order valence-electron chi connectivity index (χ2n) is 4.61. The number of nitro benzene ring substituents is 1. The number of nitro groups is 1. The van der Waals surface area contributed by atoms with Gasteiger partial charge >= 0.3 is 5.97 Å². The molecular formula is C13H15N3O4. The Labute approximate surface area is 115 Å². The highest BCUT2D eigenvalue weighted by molar-refractivity contribution is 5.81. The lowest BCUT2D eigenvalue weighted by Gasteiger charge is -2.30. The standard InChI is InChI=1S/C13H15N3O4/c17-13(18)12-6-1-2-7-15(12)14-9-10-4-3-5-11(8-10)16(19)20/h3-5,8-9,12H,1-2,6-7H2,(H,17,18)/b14-9+. The van der Waals surface area contributed by atoms with Gasteiger partial charge in [-0.25, -0.2) is 4.79 Å². The predicted molar refractivity (Wildman–Crippen MR) is 72.7 cm³/mol. The van der Waals surface area contributed by atoms with E-state index in [-0.39, 0.29) is 5.69 Å². The first-order valence-electron chi connectivity index (χ1n) is 6.36. The van der Waals surface area contributed by atoms with E-state index >= 15 is 0 Å². The van der Waals surface area contributed by atoms with Crippen LogP contribution in [0.3, 0.4) is 0 Å². The van der Waals surface area contributed by atoms with E-state index in [4.69, 9.17) is 5.11 Å². The Morgan fingerprint density at radius 1 is 1.50 bits per heavy atom. The second-order valence-corrected chi connectivity index (χ2v) is 4.61. The molecule has 2 rings (SSSR count). The van der Waals surface area contributed by atoms with Gasteiger partial charge in [-0.15, -0.1) is 0 Å². The van der Waals surface area contributed by atoms with Crippen LogP contribution < -0.4 is 0 Å². The van der Waals surface area contributed by atoms with Gasteiger partial charge in [0.15, 0.2) is 0 Å². The summed E-state index contributed by atoms with van der Waals surface area (Å²) in [5.41, 5.74) is 0.566. The zero-order valence-corrected chi connectivity index (χ0v) is 10.8. The van der Waals surface area contributed by atoms with Crippen molar-refractivity contribution < 1.29 is 14.8 Å². The molecule has 1 aromatic rings. The van der Waals surface area contributed by atoms with Gasteiger partial charge in [-0.3, -0.25) is 15.1 Å². The number of hydrogen-bond donors (Lipinski definition) is 1. The molecule has 106 valence electrons. The molecule has 0 aliphatic carbocycles. The molecule has 0 bridgehead atoms. The van der Waals surface area contributed by atoms with Crippen molar-refractivity contribution in [2.24, 2.45) is 5.10 Å². The van der Waals surface area contributed by atoms with E-state index in [9.17, 15) is 14.9 Å². The molecule has 20 heavy (non-hydrogen) atoms. The summed E-state index contributed by atoms with van der Waals surface area (Å²) in [6.45, 7) is 0.586. The number of hydrogen-bond acceptors (Lipinski definition) is 5. The van der Waals surface area contributed by atoms with Gasteiger partial charge in [0.05, 0.1) is 11.1 Å². The Kier molecular flexibility index (Phi) is 4.29. The van der Waals surface area contributed by atoms with Gasteiger partial charge in [-0.05, 0) is 19.3 Å². The number of carboxylic acid groups (broad SMARTS) is 1. The van der Waals surface area contributed by atoms with Gasteiger partial charge in [-0.2, -0.15) is 5.10 Å². The van der Waals surface area contributed by atoms with Gasteiger partial charge < -0.3 is 5.11 Å². The number of carbonyl (C=O) groups is 1. The van der Waals surface area contributed by atoms with Gasteiger partial charge in [0.2, 0.25) is 0 Å². The van der Waals surface area contributed by atoms with E-state index in [1.807, 2.05) is 0 Å². The highest BCUT2D eigenvalue weighted by atomic mass is 16.6. The third-order valence-corrected chi connectivity index (χ3v) is 3.20.